The number of carbonyl (C=O) groups excluding carboxylic acids is 1. The molecule has 0 heterocycles. The van der Waals surface area contributed by atoms with E-state index in [-0.39, 0.29) is 12.2 Å². The summed E-state index contributed by atoms with van der Waals surface area (Å²) in [5.74, 6) is 0.202. The molecular weight excluding hydrogens is 604 g/mol. The fraction of sp³-hybridized carbons (Fsp3) is 0.300. The van der Waals surface area contributed by atoms with Gasteiger partial charge in [-0.25, -0.2) is 9.59 Å². The summed E-state index contributed by atoms with van der Waals surface area (Å²) in [5, 5.41) is 21.2. The number of phenols is 1. The molecule has 0 radical (unpaired) electrons. The van der Waals surface area contributed by atoms with Crippen LogP contribution in [-0.2, 0) is 16.0 Å². The molecule has 2 rings (SSSR count). The molecule has 0 fully saturated rings. The summed E-state index contributed by atoms with van der Waals surface area (Å²) in [6.45, 7) is 5.12. The largest absolute Gasteiger partial charge is 0.508 e. The van der Waals surface area contributed by atoms with Gasteiger partial charge in [-0.2, -0.15) is 0 Å². The number of benzene rings is 2. The molecule has 9 heteroatoms. The van der Waals surface area contributed by atoms with E-state index in [2.05, 4.69) is 50.5 Å². The number of rotatable bonds is 6. The van der Waals surface area contributed by atoms with Gasteiger partial charge in [-0.1, -0.05) is 0 Å². The number of amides is 1. The minimum atomic E-state index is -1.15. The number of carboxylic acid groups (broad SMARTS) is 1. The van der Waals surface area contributed by atoms with E-state index in [9.17, 15) is 19.8 Å². The molecule has 0 aliphatic carbocycles. The van der Waals surface area contributed by atoms with E-state index < -0.39 is 23.7 Å². The summed E-state index contributed by atoms with van der Waals surface area (Å²) in [5.41, 5.74) is 0.0192. The third-order valence-corrected chi connectivity index (χ3v) is 5.15. The Kier molecular flexibility index (Phi) is 7.97. The average molecular weight is 625 g/mol. The SMILES string of the molecule is CC(C)(C)OC(=O)N[C@H](Cc1cc(I)c(Oc2ccc(O)cc2)c(I)c1)C(=O)O. The molecule has 1 amide bonds. The number of aromatic hydroxyl groups is 1. The first-order valence-electron chi connectivity index (χ1n) is 8.62. The van der Waals surface area contributed by atoms with Crippen molar-refractivity contribution in [1.29, 1.82) is 0 Å². The van der Waals surface area contributed by atoms with Crippen molar-refractivity contribution in [2.45, 2.75) is 38.8 Å². The van der Waals surface area contributed by atoms with E-state index in [1.807, 2.05) is 12.1 Å². The Morgan fingerprint density at radius 2 is 1.66 bits per heavy atom. The Morgan fingerprint density at radius 3 is 2.14 bits per heavy atom. The van der Waals surface area contributed by atoms with Crippen LogP contribution >= 0.6 is 45.2 Å². The van der Waals surface area contributed by atoms with E-state index in [0.29, 0.717) is 11.5 Å². The van der Waals surface area contributed by atoms with Crippen LogP contribution in [0.3, 0.4) is 0 Å². The van der Waals surface area contributed by atoms with Crippen LogP contribution < -0.4 is 10.1 Å². The van der Waals surface area contributed by atoms with Crippen molar-refractivity contribution in [2.24, 2.45) is 0 Å². The fourth-order valence-electron chi connectivity index (χ4n) is 2.35. The molecule has 7 nitrogen and oxygen atoms in total. The van der Waals surface area contributed by atoms with Crippen molar-refractivity contribution in [1.82, 2.24) is 5.32 Å². The second-order valence-corrected chi connectivity index (χ2v) is 9.55. The van der Waals surface area contributed by atoms with Crippen LogP contribution in [0.2, 0.25) is 0 Å². The predicted molar refractivity (Wildman–Crippen MR) is 125 cm³/mol. The standard InChI is InChI=1S/C20H21I2NO6/c1-20(2,3)29-19(27)23-16(18(25)26)10-11-8-14(21)17(15(22)9-11)28-13-6-4-12(24)5-7-13/h4-9,16,24H,10H2,1-3H3,(H,23,27)(H,25,26)/t16-/m1/s1. The Balaban J connectivity index is 2.16. The monoisotopic (exact) mass is 625 g/mol. The van der Waals surface area contributed by atoms with Crippen LogP contribution in [0.4, 0.5) is 4.79 Å². The van der Waals surface area contributed by atoms with Crippen LogP contribution in [0.25, 0.3) is 0 Å². The molecule has 0 unspecified atom stereocenters. The lowest BCUT2D eigenvalue weighted by atomic mass is 10.1. The Bertz CT molecular complexity index is 870. The van der Waals surface area contributed by atoms with Crippen LogP contribution in [0, 0.1) is 7.14 Å². The van der Waals surface area contributed by atoms with Gasteiger partial charge in [0.1, 0.15) is 23.1 Å². The van der Waals surface area contributed by atoms with Gasteiger partial charge in [-0.3, -0.25) is 0 Å². The number of nitrogens with one attached hydrogen (secondary N) is 1. The maximum absolute atomic E-state index is 11.9. The number of hydrogen-bond donors (Lipinski definition) is 3. The topological polar surface area (TPSA) is 105 Å². The number of halogens is 2. The lowest BCUT2D eigenvalue weighted by Gasteiger charge is -2.22. The van der Waals surface area contributed by atoms with Gasteiger partial charge in [0.2, 0.25) is 0 Å². The predicted octanol–water partition coefficient (Wildman–Crippen LogP) is 4.91. The minimum Gasteiger partial charge on any atom is -0.508 e. The molecule has 0 saturated heterocycles. The number of ether oxygens (including phenoxy) is 2. The van der Waals surface area contributed by atoms with E-state index in [0.717, 1.165) is 12.7 Å². The van der Waals surface area contributed by atoms with Crippen LogP contribution in [0.1, 0.15) is 26.3 Å². The maximum Gasteiger partial charge on any atom is 0.408 e. The van der Waals surface area contributed by atoms with Gasteiger partial charge in [0.05, 0.1) is 7.14 Å². The maximum atomic E-state index is 11.9. The third-order valence-electron chi connectivity index (χ3n) is 3.54. The van der Waals surface area contributed by atoms with Crippen molar-refractivity contribution in [2.75, 3.05) is 0 Å². The van der Waals surface area contributed by atoms with Crippen LogP contribution in [0.5, 0.6) is 17.2 Å². The second-order valence-electron chi connectivity index (χ2n) is 7.23. The first-order valence-corrected chi connectivity index (χ1v) is 10.8. The number of alkyl carbamates (subject to hydrolysis) is 1. The zero-order valence-corrected chi connectivity index (χ0v) is 20.3. The molecule has 0 aliphatic rings. The molecule has 29 heavy (non-hydrogen) atoms. The number of hydrogen-bond acceptors (Lipinski definition) is 5. The summed E-state index contributed by atoms with van der Waals surface area (Å²) < 4.78 is 12.6. The van der Waals surface area contributed by atoms with Gasteiger partial charge in [0.15, 0.2) is 5.75 Å². The normalized spacial score (nSPS) is 12.2. The highest BCUT2D eigenvalue weighted by Gasteiger charge is 2.25. The lowest BCUT2D eigenvalue weighted by Crippen LogP contribution is -2.44. The summed E-state index contributed by atoms with van der Waals surface area (Å²) in [6.07, 6.45) is -0.679. The molecule has 0 bridgehead atoms. The molecule has 2 aromatic carbocycles. The zero-order chi connectivity index (χ0) is 21.8. The Hall–Kier alpha value is -1.76. The number of phenolic OH excluding ortho intramolecular Hbond substituents is 1. The Morgan fingerprint density at radius 1 is 1.10 bits per heavy atom. The zero-order valence-electron chi connectivity index (χ0n) is 16.0. The molecule has 1 atom stereocenters. The van der Waals surface area contributed by atoms with Gasteiger partial charge >= 0.3 is 12.1 Å². The molecular formula is C20H21I2NO6. The van der Waals surface area contributed by atoms with Crippen molar-refractivity contribution in [3.05, 3.63) is 49.1 Å². The highest BCUT2D eigenvalue weighted by atomic mass is 127. The molecule has 3 N–H and O–H groups in total. The highest BCUT2D eigenvalue weighted by molar-refractivity contribution is 14.1. The van der Waals surface area contributed by atoms with Crippen LogP contribution in [-0.4, -0.2) is 33.9 Å². The van der Waals surface area contributed by atoms with Gasteiger partial charge in [0, 0.05) is 6.42 Å². The van der Waals surface area contributed by atoms with E-state index in [4.69, 9.17) is 9.47 Å². The van der Waals surface area contributed by atoms with Crippen molar-refractivity contribution in [3.63, 3.8) is 0 Å². The minimum absolute atomic E-state index is 0.0973. The average Bonchev–Trinajstić information content (AvgIpc) is 2.57. The third kappa shape index (κ3) is 7.53. The fourth-order valence-corrected chi connectivity index (χ4v) is 4.46. The van der Waals surface area contributed by atoms with Gasteiger partial charge in [-0.05, 0) is 108 Å². The molecule has 2 aromatic rings. The summed E-state index contributed by atoms with van der Waals surface area (Å²) >= 11 is 4.23. The smallest absolute Gasteiger partial charge is 0.408 e. The van der Waals surface area contributed by atoms with E-state index >= 15 is 0 Å². The molecule has 156 valence electrons. The first kappa shape index (κ1) is 23.5. The molecule has 0 spiro atoms. The Labute approximate surface area is 196 Å². The second kappa shape index (κ2) is 9.83. The lowest BCUT2D eigenvalue weighted by molar-refractivity contribution is -0.139. The number of carboxylic acids is 1. The number of carbonyl (C=O) groups is 2. The van der Waals surface area contributed by atoms with Crippen molar-refractivity contribution >= 4 is 57.2 Å². The van der Waals surface area contributed by atoms with E-state index in [1.165, 1.54) is 12.1 Å². The molecule has 0 aliphatic heterocycles. The van der Waals surface area contributed by atoms with Gasteiger partial charge < -0.3 is 25.0 Å². The van der Waals surface area contributed by atoms with Crippen molar-refractivity contribution in [3.8, 4) is 17.2 Å². The quantitative estimate of drug-likeness (QED) is 0.395. The molecule has 0 saturated carbocycles. The number of aliphatic carboxylic acids is 1. The molecule has 0 aromatic heterocycles. The van der Waals surface area contributed by atoms with Crippen LogP contribution in [0.15, 0.2) is 36.4 Å². The van der Waals surface area contributed by atoms with Gasteiger partial charge in [-0.15, -0.1) is 0 Å². The summed E-state index contributed by atoms with van der Waals surface area (Å²) in [7, 11) is 0. The highest BCUT2D eigenvalue weighted by Crippen LogP contribution is 2.33. The first-order chi connectivity index (χ1) is 13.4. The summed E-state index contributed by atoms with van der Waals surface area (Å²) in [4.78, 5) is 23.5. The van der Waals surface area contributed by atoms with Crippen molar-refractivity contribution < 1.29 is 29.3 Å². The van der Waals surface area contributed by atoms with E-state index in [1.54, 1.807) is 32.9 Å². The van der Waals surface area contributed by atoms with Gasteiger partial charge in [0.25, 0.3) is 0 Å². The summed E-state index contributed by atoms with van der Waals surface area (Å²) in [6, 6.07) is 8.87.